The zero-order valence-electron chi connectivity index (χ0n) is 8.55. The van der Waals surface area contributed by atoms with E-state index in [9.17, 15) is 0 Å². The van der Waals surface area contributed by atoms with Gasteiger partial charge in [-0.1, -0.05) is 33.1 Å². The molecule has 0 radical (unpaired) electrons. The fourth-order valence-electron chi connectivity index (χ4n) is 3.74. The van der Waals surface area contributed by atoms with Gasteiger partial charge in [0.05, 0.1) is 0 Å². The zero-order valence-corrected chi connectivity index (χ0v) is 8.55. The second kappa shape index (κ2) is 3.40. The summed E-state index contributed by atoms with van der Waals surface area (Å²) in [6.07, 6.45) is 9.10. The van der Waals surface area contributed by atoms with E-state index in [2.05, 4.69) is 13.8 Å². The van der Waals surface area contributed by atoms with Crippen molar-refractivity contribution in [3.8, 4) is 0 Å². The topological polar surface area (TPSA) is 0 Å². The summed E-state index contributed by atoms with van der Waals surface area (Å²) in [6, 6.07) is 0. The first kappa shape index (κ1) is 8.59. The van der Waals surface area contributed by atoms with Crippen LogP contribution in [0.25, 0.3) is 0 Å². The van der Waals surface area contributed by atoms with Gasteiger partial charge in [-0.2, -0.15) is 0 Å². The van der Waals surface area contributed by atoms with Crippen LogP contribution in [0.4, 0.5) is 0 Å². The quantitative estimate of drug-likeness (QED) is 0.555. The highest BCUT2D eigenvalue weighted by atomic mass is 14.4. The Bertz CT molecular complexity index is 150. The van der Waals surface area contributed by atoms with Gasteiger partial charge in [0, 0.05) is 0 Å². The van der Waals surface area contributed by atoms with Crippen LogP contribution in [0.15, 0.2) is 0 Å². The van der Waals surface area contributed by atoms with Crippen molar-refractivity contribution >= 4 is 0 Å². The van der Waals surface area contributed by atoms with E-state index in [-0.39, 0.29) is 0 Å². The number of hydrogen-bond acceptors (Lipinski definition) is 0. The number of hydrogen-bond donors (Lipinski definition) is 0. The molecular weight excluding hydrogens is 144 g/mol. The van der Waals surface area contributed by atoms with Crippen LogP contribution in [0.2, 0.25) is 0 Å². The molecule has 0 bridgehead atoms. The molecule has 0 N–H and O–H groups in total. The summed E-state index contributed by atoms with van der Waals surface area (Å²) >= 11 is 0. The van der Waals surface area contributed by atoms with Crippen LogP contribution < -0.4 is 0 Å². The van der Waals surface area contributed by atoms with Crippen LogP contribution in [-0.4, -0.2) is 0 Å². The first-order chi connectivity index (χ1) is 5.83. The molecule has 0 amide bonds. The van der Waals surface area contributed by atoms with E-state index in [0.717, 1.165) is 23.7 Å². The Hall–Kier alpha value is 0. The predicted octanol–water partition coefficient (Wildman–Crippen LogP) is 3.86. The third kappa shape index (κ3) is 1.30. The fraction of sp³-hybridized carbons (Fsp3) is 1.00. The molecule has 0 aromatic heterocycles. The summed E-state index contributed by atoms with van der Waals surface area (Å²) in [5.41, 5.74) is 0. The van der Waals surface area contributed by atoms with Crippen LogP contribution in [0.1, 0.15) is 52.4 Å². The van der Waals surface area contributed by atoms with E-state index in [1.165, 1.54) is 25.7 Å². The summed E-state index contributed by atoms with van der Waals surface area (Å²) in [7, 11) is 0. The third-order valence-electron chi connectivity index (χ3n) is 4.48. The van der Waals surface area contributed by atoms with Crippen molar-refractivity contribution in [2.75, 3.05) is 0 Å². The Morgan fingerprint density at radius 1 is 1.00 bits per heavy atom. The molecule has 0 saturated heterocycles. The molecule has 2 aliphatic carbocycles. The second-order valence-electron chi connectivity index (χ2n) is 4.98. The number of rotatable bonds is 1. The summed E-state index contributed by atoms with van der Waals surface area (Å²) in [6.45, 7) is 4.86. The van der Waals surface area contributed by atoms with Crippen molar-refractivity contribution in [1.29, 1.82) is 0 Å². The minimum Gasteiger partial charge on any atom is -0.0651 e. The standard InChI is InChI=1S/C12H22/c1-3-10-7-8-11-9(2)5-4-6-12(10)11/h9-12H,3-8H2,1-2H3. The van der Waals surface area contributed by atoms with Gasteiger partial charge in [0.2, 0.25) is 0 Å². The molecule has 2 saturated carbocycles. The minimum absolute atomic E-state index is 1.04. The molecule has 0 nitrogen and oxygen atoms in total. The largest absolute Gasteiger partial charge is 0.0651 e. The zero-order chi connectivity index (χ0) is 8.55. The van der Waals surface area contributed by atoms with Gasteiger partial charge in [0.1, 0.15) is 0 Å². The highest BCUT2D eigenvalue weighted by molar-refractivity contribution is 4.89. The van der Waals surface area contributed by atoms with Gasteiger partial charge >= 0.3 is 0 Å². The summed E-state index contributed by atoms with van der Waals surface area (Å²) in [5, 5.41) is 0. The lowest BCUT2D eigenvalue weighted by molar-refractivity contribution is 0.164. The average molecular weight is 166 g/mol. The van der Waals surface area contributed by atoms with Gasteiger partial charge in [0.25, 0.3) is 0 Å². The van der Waals surface area contributed by atoms with E-state index in [0.29, 0.717) is 0 Å². The predicted molar refractivity (Wildman–Crippen MR) is 53.0 cm³/mol. The molecule has 0 aromatic carbocycles. The van der Waals surface area contributed by atoms with Crippen molar-refractivity contribution in [2.24, 2.45) is 23.7 Å². The normalized spacial score (nSPS) is 47.5. The lowest BCUT2D eigenvalue weighted by Crippen LogP contribution is -2.25. The van der Waals surface area contributed by atoms with E-state index in [4.69, 9.17) is 0 Å². The molecule has 4 atom stereocenters. The highest BCUT2D eigenvalue weighted by Gasteiger charge is 2.39. The molecule has 2 fully saturated rings. The SMILES string of the molecule is CCC1CCC2C(C)CCCC12. The fourth-order valence-corrected chi connectivity index (χ4v) is 3.74. The van der Waals surface area contributed by atoms with Crippen LogP contribution in [0, 0.1) is 23.7 Å². The monoisotopic (exact) mass is 166 g/mol. The van der Waals surface area contributed by atoms with Crippen molar-refractivity contribution < 1.29 is 0 Å². The third-order valence-corrected chi connectivity index (χ3v) is 4.48. The van der Waals surface area contributed by atoms with E-state index in [1.807, 2.05) is 0 Å². The van der Waals surface area contributed by atoms with E-state index >= 15 is 0 Å². The molecule has 0 spiro atoms. The summed E-state index contributed by atoms with van der Waals surface area (Å²) < 4.78 is 0. The van der Waals surface area contributed by atoms with Crippen molar-refractivity contribution in [1.82, 2.24) is 0 Å². The van der Waals surface area contributed by atoms with Crippen LogP contribution >= 0.6 is 0 Å². The molecule has 0 aliphatic heterocycles. The Kier molecular flexibility index (Phi) is 2.43. The minimum atomic E-state index is 1.04. The van der Waals surface area contributed by atoms with Gasteiger partial charge in [-0.05, 0) is 42.9 Å². The number of fused-ring (bicyclic) bond motifs is 1. The van der Waals surface area contributed by atoms with Crippen molar-refractivity contribution in [2.45, 2.75) is 52.4 Å². The van der Waals surface area contributed by atoms with Gasteiger partial charge in [0.15, 0.2) is 0 Å². The van der Waals surface area contributed by atoms with Crippen LogP contribution in [0.3, 0.4) is 0 Å². The lowest BCUT2D eigenvalue weighted by atomic mass is 9.72. The van der Waals surface area contributed by atoms with Gasteiger partial charge in [-0.25, -0.2) is 0 Å². The van der Waals surface area contributed by atoms with Gasteiger partial charge in [-0.15, -0.1) is 0 Å². The van der Waals surface area contributed by atoms with Gasteiger partial charge < -0.3 is 0 Å². The first-order valence-corrected chi connectivity index (χ1v) is 5.83. The Morgan fingerprint density at radius 2 is 1.83 bits per heavy atom. The summed E-state index contributed by atoms with van der Waals surface area (Å²) in [5.74, 6) is 4.38. The van der Waals surface area contributed by atoms with E-state index < -0.39 is 0 Å². The first-order valence-electron chi connectivity index (χ1n) is 5.83. The van der Waals surface area contributed by atoms with Gasteiger partial charge in [-0.3, -0.25) is 0 Å². The highest BCUT2D eigenvalue weighted by Crippen LogP contribution is 2.49. The second-order valence-corrected chi connectivity index (χ2v) is 4.98. The average Bonchev–Trinajstić information content (AvgIpc) is 2.49. The molecule has 0 heteroatoms. The Labute approximate surface area is 76.7 Å². The maximum Gasteiger partial charge on any atom is -0.0355 e. The van der Waals surface area contributed by atoms with Crippen molar-refractivity contribution in [3.05, 3.63) is 0 Å². The molecular formula is C12H22. The molecule has 4 unspecified atom stereocenters. The smallest absolute Gasteiger partial charge is 0.0355 e. The summed E-state index contributed by atoms with van der Waals surface area (Å²) in [4.78, 5) is 0. The molecule has 70 valence electrons. The Morgan fingerprint density at radius 3 is 2.58 bits per heavy atom. The molecule has 0 heterocycles. The van der Waals surface area contributed by atoms with E-state index in [1.54, 1.807) is 12.8 Å². The van der Waals surface area contributed by atoms with Crippen molar-refractivity contribution in [3.63, 3.8) is 0 Å². The molecule has 2 rings (SSSR count). The molecule has 12 heavy (non-hydrogen) atoms. The maximum atomic E-state index is 2.48. The Balaban J connectivity index is 2.04. The maximum absolute atomic E-state index is 2.48. The van der Waals surface area contributed by atoms with Crippen LogP contribution in [0.5, 0.6) is 0 Å². The van der Waals surface area contributed by atoms with Crippen LogP contribution in [-0.2, 0) is 0 Å². The lowest BCUT2D eigenvalue weighted by Gasteiger charge is -2.33. The molecule has 0 aromatic rings. The molecule has 2 aliphatic rings.